The van der Waals surface area contributed by atoms with Gasteiger partial charge in [-0.15, -0.1) is 0 Å². The lowest BCUT2D eigenvalue weighted by Gasteiger charge is -2.32. The molecule has 2 amide bonds. The van der Waals surface area contributed by atoms with Crippen LogP contribution in [0.25, 0.3) is 0 Å². The van der Waals surface area contributed by atoms with Crippen molar-refractivity contribution in [2.75, 3.05) is 26.2 Å². The van der Waals surface area contributed by atoms with Gasteiger partial charge in [0.1, 0.15) is 0 Å². The fraction of sp³-hybridized carbons (Fsp3) is 0.526. The second-order valence-corrected chi connectivity index (χ2v) is 6.94. The molecule has 0 aliphatic carbocycles. The van der Waals surface area contributed by atoms with Crippen LogP contribution in [0.4, 0.5) is 0 Å². The van der Waals surface area contributed by atoms with Crippen LogP contribution in [0.15, 0.2) is 30.3 Å². The van der Waals surface area contributed by atoms with E-state index < -0.39 is 11.9 Å². The quantitative estimate of drug-likeness (QED) is 0.876. The normalized spacial score (nSPS) is 23.8. The molecule has 134 valence electrons. The number of piperidine rings is 1. The number of likely N-dealkylation sites (tertiary alicyclic amines) is 2. The molecule has 3 rings (SSSR count). The molecule has 0 bridgehead atoms. The summed E-state index contributed by atoms with van der Waals surface area (Å²) < 4.78 is 0. The Kier molecular flexibility index (Phi) is 5.36. The first-order valence-corrected chi connectivity index (χ1v) is 8.88. The molecule has 6 nitrogen and oxygen atoms in total. The van der Waals surface area contributed by atoms with Gasteiger partial charge in [-0.2, -0.15) is 0 Å². The summed E-state index contributed by atoms with van der Waals surface area (Å²) in [5.41, 5.74) is 1.17. The van der Waals surface area contributed by atoms with E-state index in [0.717, 1.165) is 6.42 Å². The van der Waals surface area contributed by atoms with Gasteiger partial charge in [0.15, 0.2) is 0 Å². The minimum Gasteiger partial charge on any atom is -0.481 e. The van der Waals surface area contributed by atoms with Gasteiger partial charge < -0.3 is 14.9 Å². The summed E-state index contributed by atoms with van der Waals surface area (Å²) in [7, 11) is 0. The third kappa shape index (κ3) is 4.18. The predicted octanol–water partition coefficient (Wildman–Crippen LogP) is 1.40. The molecule has 2 saturated heterocycles. The molecule has 1 aromatic rings. The maximum Gasteiger partial charge on any atom is 0.308 e. The minimum absolute atomic E-state index is 0.0149. The SMILES string of the molecule is O=C(O)[C@H]1CCCN(C(=O)[C@H]2CC(=O)N(CCc3ccccc3)C2)C1. The molecule has 0 saturated carbocycles. The predicted molar refractivity (Wildman–Crippen MR) is 91.8 cm³/mol. The molecular formula is C19H24N2O4. The van der Waals surface area contributed by atoms with Gasteiger partial charge in [-0.1, -0.05) is 30.3 Å². The molecule has 1 N–H and O–H groups in total. The zero-order valence-electron chi connectivity index (χ0n) is 14.3. The third-order valence-electron chi connectivity index (χ3n) is 5.16. The minimum atomic E-state index is -0.843. The highest BCUT2D eigenvalue weighted by Crippen LogP contribution is 2.24. The lowest BCUT2D eigenvalue weighted by Crippen LogP contribution is -2.45. The number of carboxylic acids is 1. The Morgan fingerprint density at radius 3 is 2.60 bits per heavy atom. The average Bonchev–Trinajstić information content (AvgIpc) is 3.01. The molecule has 0 radical (unpaired) electrons. The van der Waals surface area contributed by atoms with Crippen LogP contribution in [0.2, 0.25) is 0 Å². The Morgan fingerprint density at radius 2 is 1.88 bits per heavy atom. The van der Waals surface area contributed by atoms with Crippen molar-refractivity contribution in [2.45, 2.75) is 25.7 Å². The Morgan fingerprint density at radius 1 is 1.12 bits per heavy atom. The van der Waals surface area contributed by atoms with Crippen molar-refractivity contribution in [3.05, 3.63) is 35.9 Å². The molecule has 2 aliphatic rings. The van der Waals surface area contributed by atoms with Crippen molar-refractivity contribution in [3.63, 3.8) is 0 Å². The first-order chi connectivity index (χ1) is 12.0. The van der Waals surface area contributed by atoms with E-state index in [4.69, 9.17) is 5.11 Å². The summed E-state index contributed by atoms with van der Waals surface area (Å²) in [4.78, 5) is 39.5. The van der Waals surface area contributed by atoms with E-state index in [9.17, 15) is 14.4 Å². The number of hydrogen-bond acceptors (Lipinski definition) is 3. The summed E-state index contributed by atoms with van der Waals surface area (Å²) in [5, 5.41) is 9.17. The second-order valence-electron chi connectivity index (χ2n) is 6.94. The molecule has 2 heterocycles. The summed E-state index contributed by atoms with van der Waals surface area (Å²) in [5.74, 6) is -1.72. The van der Waals surface area contributed by atoms with E-state index in [1.807, 2.05) is 30.3 Å². The molecule has 6 heteroatoms. The fourth-order valence-corrected chi connectivity index (χ4v) is 3.70. The van der Waals surface area contributed by atoms with Gasteiger partial charge in [0.2, 0.25) is 11.8 Å². The van der Waals surface area contributed by atoms with Gasteiger partial charge in [-0.25, -0.2) is 0 Å². The number of amides is 2. The van der Waals surface area contributed by atoms with Crippen molar-refractivity contribution < 1.29 is 19.5 Å². The van der Waals surface area contributed by atoms with E-state index in [-0.39, 0.29) is 30.7 Å². The molecule has 0 spiro atoms. The van der Waals surface area contributed by atoms with Crippen LogP contribution in [0.3, 0.4) is 0 Å². The van der Waals surface area contributed by atoms with E-state index in [1.165, 1.54) is 5.56 Å². The van der Waals surface area contributed by atoms with E-state index in [1.54, 1.807) is 9.80 Å². The number of carboxylic acid groups (broad SMARTS) is 1. The Balaban J connectivity index is 1.54. The molecule has 25 heavy (non-hydrogen) atoms. The maximum absolute atomic E-state index is 12.7. The third-order valence-corrected chi connectivity index (χ3v) is 5.16. The van der Waals surface area contributed by atoms with Gasteiger partial charge in [0.25, 0.3) is 0 Å². The topological polar surface area (TPSA) is 77.9 Å². The monoisotopic (exact) mass is 344 g/mol. The number of rotatable bonds is 5. The maximum atomic E-state index is 12.7. The van der Waals surface area contributed by atoms with Crippen molar-refractivity contribution in [1.29, 1.82) is 0 Å². The first-order valence-electron chi connectivity index (χ1n) is 8.88. The molecule has 2 fully saturated rings. The standard InChI is InChI=1S/C19H24N2O4/c22-17-11-16(13-20(17)10-8-14-5-2-1-3-6-14)18(23)21-9-4-7-15(12-21)19(24)25/h1-3,5-6,15-16H,4,7-13H2,(H,24,25)/t15-,16-/m0/s1. The summed E-state index contributed by atoms with van der Waals surface area (Å²) in [6, 6.07) is 9.97. The molecule has 2 atom stereocenters. The van der Waals surface area contributed by atoms with Crippen LogP contribution in [0.5, 0.6) is 0 Å². The van der Waals surface area contributed by atoms with Gasteiger partial charge in [-0.05, 0) is 24.8 Å². The van der Waals surface area contributed by atoms with Crippen molar-refractivity contribution in [3.8, 4) is 0 Å². The second kappa shape index (κ2) is 7.68. The largest absolute Gasteiger partial charge is 0.481 e. The molecule has 0 aromatic heterocycles. The van der Waals surface area contributed by atoms with Crippen LogP contribution < -0.4 is 0 Å². The van der Waals surface area contributed by atoms with E-state index in [2.05, 4.69) is 0 Å². The lowest BCUT2D eigenvalue weighted by molar-refractivity contribution is -0.146. The number of hydrogen-bond donors (Lipinski definition) is 1. The molecule has 0 unspecified atom stereocenters. The van der Waals surface area contributed by atoms with Crippen LogP contribution in [-0.4, -0.2) is 58.9 Å². The van der Waals surface area contributed by atoms with Crippen molar-refractivity contribution in [1.82, 2.24) is 9.80 Å². The van der Waals surface area contributed by atoms with Crippen LogP contribution in [-0.2, 0) is 20.8 Å². The first kappa shape index (κ1) is 17.5. The average molecular weight is 344 g/mol. The Labute approximate surface area is 147 Å². The summed E-state index contributed by atoms with van der Waals surface area (Å²) in [6.07, 6.45) is 2.34. The lowest BCUT2D eigenvalue weighted by atomic mass is 9.96. The molecule has 1 aromatic carbocycles. The number of nitrogens with zero attached hydrogens (tertiary/aromatic N) is 2. The van der Waals surface area contributed by atoms with Gasteiger partial charge in [0.05, 0.1) is 11.8 Å². The highest BCUT2D eigenvalue weighted by molar-refractivity contribution is 5.89. The van der Waals surface area contributed by atoms with Crippen LogP contribution in [0, 0.1) is 11.8 Å². The van der Waals surface area contributed by atoms with Gasteiger partial charge >= 0.3 is 5.97 Å². The Bertz CT molecular complexity index is 646. The number of carbonyl (C=O) groups excluding carboxylic acids is 2. The number of benzene rings is 1. The summed E-state index contributed by atoms with van der Waals surface area (Å²) in [6.45, 7) is 1.92. The van der Waals surface area contributed by atoms with Gasteiger partial charge in [0, 0.05) is 32.6 Å². The van der Waals surface area contributed by atoms with E-state index in [0.29, 0.717) is 32.5 Å². The summed E-state index contributed by atoms with van der Waals surface area (Å²) >= 11 is 0. The van der Waals surface area contributed by atoms with Crippen molar-refractivity contribution >= 4 is 17.8 Å². The smallest absolute Gasteiger partial charge is 0.308 e. The van der Waals surface area contributed by atoms with E-state index >= 15 is 0 Å². The van der Waals surface area contributed by atoms with Gasteiger partial charge in [-0.3, -0.25) is 14.4 Å². The Hall–Kier alpha value is -2.37. The number of carbonyl (C=O) groups is 3. The van der Waals surface area contributed by atoms with Crippen molar-refractivity contribution in [2.24, 2.45) is 11.8 Å². The van der Waals surface area contributed by atoms with Crippen LogP contribution in [0.1, 0.15) is 24.8 Å². The zero-order chi connectivity index (χ0) is 17.8. The van der Waals surface area contributed by atoms with Crippen LogP contribution >= 0.6 is 0 Å². The highest BCUT2D eigenvalue weighted by Gasteiger charge is 2.38. The molecular weight excluding hydrogens is 320 g/mol. The molecule has 2 aliphatic heterocycles. The highest BCUT2D eigenvalue weighted by atomic mass is 16.4. The fourth-order valence-electron chi connectivity index (χ4n) is 3.70. The zero-order valence-corrected chi connectivity index (χ0v) is 14.3. The number of aliphatic carboxylic acids is 1.